The minimum Gasteiger partial charge on any atom is -0.182 e. The van der Waals surface area contributed by atoms with Gasteiger partial charge in [-0.15, -0.1) is 0 Å². The molecule has 0 N–H and O–H groups in total. The van der Waals surface area contributed by atoms with Crippen LogP contribution in [0.15, 0.2) is 12.4 Å². The third kappa shape index (κ3) is 1.28. The lowest BCUT2D eigenvalue weighted by atomic mass is 10.3. The summed E-state index contributed by atoms with van der Waals surface area (Å²) in [4.78, 5) is 1.72. The van der Waals surface area contributed by atoms with Gasteiger partial charge in [-0.05, 0) is 13.3 Å². The van der Waals surface area contributed by atoms with E-state index >= 15 is 0 Å². The van der Waals surface area contributed by atoms with E-state index in [0.29, 0.717) is 6.04 Å². The van der Waals surface area contributed by atoms with Gasteiger partial charge in [-0.3, -0.25) is 0 Å². The van der Waals surface area contributed by atoms with Gasteiger partial charge in [0, 0.05) is 0 Å². The zero-order chi connectivity index (χ0) is 6.69. The number of hydrogen-bond acceptors (Lipinski definition) is 2. The van der Waals surface area contributed by atoms with Crippen molar-refractivity contribution in [2.45, 2.75) is 26.3 Å². The lowest BCUT2D eigenvalue weighted by molar-refractivity contribution is 0.423. The van der Waals surface area contributed by atoms with Crippen LogP contribution in [0.1, 0.15) is 26.3 Å². The molecule has 0 saturated heterocycles. The fourth-order valence-electron chi connectivity index (χ4n) is 0.617. The summed E-state index contributed by atoms with van der Waals surface area (Å²) in [6.45, 7) is 4.22. The Hall–Kier alpha value is -0.860. The number of nitrogens with zero attached hydrogens (tertiary/aromatic N) is 3. The molecule has 50 valence electrons. The second-order valence-electron chi connectivity index (χ2n) is 2.11. The first-order chi connectivity index (χ1) is 4.34. The average molecular weight is 125 g/mol. The first-order valence-electron chi connectivity index (χ1n) is 3.20. The Labute approximate surface area is 54.7 Å². The van der Waals surface area contributed by atoms with E-state index in [4.69, 9.17) is 0 Å². The molecule has 0 aromatic carbocycles. The largest absolute Gasteiger partial charge is 0.182 e. The standard InChI is InChI=1S/C6H11N3/c1-3-6(2)9-7-4-5-8-9/h4-6H,3H2,1-2H3/t6-/m0/s1. The van der Waals surface area contributed by atoms with Gasteiger partial charge in [-0.2, -0.15) is 15.0 Å². The summed E-state index contributed by atoms with van der Waals surface area (Å²) in [5.74, 6) is 0. The zero-order valence-electron chi connectivity index (χ0n) is 5.78. The van der Waals surface area contributed by atoms with Crippen LogP contribution < -0.4 is 0 Å². The summed E-state index contributed by atoms with van der Waals surface area (Å²) < 4.78 is 0. The van der Waals surface area contributed by atoms with Crippen LogP contribution in [-0.4, -0.2) is 15.0 Å². The Balaban J connectivity index is 2.65. The molecule has 0 aliphatic heterocycles. The van der Waals surface area contributed by atoms with Crippen molar-refractivity contribution in [1.82, 2.24) is 15.0 Å². The lowest BCUT2D eigenvalue weighted by Crippen LogP contribution is -2.06. The van der Waals surface area contributed by atoms with Crippen LogP contribution in [0.2, 0.25) is 0 Å². The maximum Gasteiger partial charge on any atom is 0.0693 e. The minimum atomic E-state index is 0.431. The Morgan fingerprint density at radius 2 is 2.00 bits per heavy atom. The summed E-state index contributed by atoms with van der Waals surface area (Å²) in [6.07, 6.45) is 4.48. The molecule has 1 heterocycles. The first-order valence-corrected chi connectivity index (χ1v) is 3.20. The van der Waals surface area contributed by atoms with Crippen LogP contribution in [0.3, 0.4) is 0 Å². The molecule has 9 heavy (non-hydrogen) atoms. The topological polar surface area (TPSA) is 30.7 Å². The van der Waals surface area contributed by atoms with Crippen molar-refractivity contribution < 1.29 is 0 Å². The predicted octanol–water partition coefficient (Wildman–Crippen LogP) is 1.25. The van der Waals surface area contributed by atoms with Gasteiger partial charge in [0.1, 0.15) is 0 Å². The molecule has 0 aliphatic rings. The fraction of sp³-hybridized carbons (Fsp3) is 0.667. The monoisotopic (exact) mass is 125 g/mol. The summed E-state index contributed by atoms with van der Waals surface area (Å²) in [5.41, 5.74) is 0. The van der Waals surface area contributed by atoms with E-state index in [9.17, 15) is 0 Å². The number of hydrogen-bond donors (Lipinski definition) is 0. The van der Waals surface area contributed by atoms with Gasteiger partial charge in [0.2, 0.25) is 0 Å². The SMILES string of the molecule is CC[C@H](C)n1nccn1. The fourth-order valence-corrected chi connectivity index (χ4v) is 0.617. The maximum absolute atomic E-state index is 3.99. The Morgan fingerprint density at radius 3 is 2.44 bits per heavy atom. The van der Waals surface area contributed by atoms with Crippen LogP contribution in [0.4, 0.5) is 0 Å². The van der Waals surface area contributed by atoms with Crippen LogP contribution in [0.5, 0.6) is 0 Å². The van der Waals surface area contributed by atoms with E-state index < -0.39 is 0 Å². The smallest absolute Gasteiger partial charge is 0.0693 e. The molecule has 3 heteroatoms. The predicted molar refractivity (Wildman–Crippen MR) is 35.0 cm³/mol. The van der Waals surface area contributed by atoms with Crippen molar-refractivity contribution in [3.8, 4) is 0 Å². The molecule has 1 aromatic rings. The molecule has 0 amide bonds. The van der Waals surface area contributed by atoms with Crippen molar-refractivity contribution >= 4 is 0 Å². The van der Waals surface area contributed by atoms with Gasteiger partial charge in [0.25, 0.3) is 0 Å². The number of aromatic nitrogens is 3. The van der Waals surface area contributed by atoms with Crippen molar-refractivity contribution in [2.24, 2.45) is 0 Å². The van der Waals surface area contributed by atoms with E-state index in [1.165, 1.54) is 0 Å². The maximum atomic E-state index is 3.99. The quantitative estimate of drug-likeness (QED) is 0.595. The van der Waals surface area contributed by atoms with Crippen molar-refractivity contribution in [2.75, 3.05) is 0 Å². The van der Waals surface area contributed by atoms with Gasteiger partial charge in [0.15, 0.2) is 0 Å². The molecule has 0 bridgehead atoms. The highest BCUT2D eigenvalue weighted by atomic mass is 15.5. The molecule has 3 nitrogen and oxygen atoms in total. The van der Waals surface area contributed by atoms with Crippen molar-refractivity contribution in [3.63, 3.8) is 0 Å². The van der Waals surface area contributed by atoms with Crippen LogP contribution in [0.25, 0.3) is 0 Å². The third-order valence-corrected chi connectivity index (χ3v) is 1.42. The number of rotatable bonds is 2. The molecular formula is C6H11N3. The van der Waals surface area contributed by atoms with Crippen LogP contribution in [0, 0.1) is 0 Å². The summed E-state index contributed by atoms with van der Waals surface area (Å²) in [6, 6.07) is 0.431. The molecule has 0 spiro atoms. The highest BCUT2D eigenvalue weighted by Crippen LogP contribution is 2.03. The van der Waals surface area contributed by atoms with Crippen molar-refractivity contribution in [3.05, 3.63) is 12.4 Å². The van der Waals surface area contributed by atoms with E-state index in [0.717, 1.165) is 6.42 Å². The molecule has 0 aliphatic carbocycles. The van der Waals surface area contributed by atoms with Gasteiger partial charge in [0.05, 0.1) is 18.4 Å². The van der Waals surface area contributed by atoms with E-state index in [1.54, 1.807) is 17.2 Å². The molecule has 1 atom stereocenters. The van der Waals surface area contributed by atoms with Gasteiger partial charge < -0.3 is 0 Å². The molecule has 0 fully saturated rings. The Bertz CT molecular complexity index is 157. The molecule has 0 saturated carbocycles. The third-order valence-electron chi connectivity index (χ3n) is 1.42. The summed E-state index contributed by atoms with van der Waals surface area (Å²) >= 11 is 0. The normalized spacial score (nSPS) is 13.6. The zero-order valence-corrected chi connectivity index (χ0v) is 5.78. The summed E-state index contributed by atoms with van der Waals surface area (Å²) in [5, 5.41) is 7.99. The molecule has 0 unspecified atom stereocenters. The minimum absolute atomic E-state index is 0.431. The Morgan fingerprint density at radius 1 is 1.44 bits per heavy atom. The van der Waals surface area contributed by atoms with E-state index in [-0.39, 0.29) is 0 Å². The lowest BCUT2D eigenvalue weighted by Gasteiger charge is -2.04. The van der Waals surface area contributed by atoms with Gasteiger partial charge >= 0.3 is 0 Å². The van der Waals surface area contributed by atoms with Gasteiger partial charge in [-0.1, -0.05) is 6.92 Å². The van der Waals surface area contributed by atoms with Crippen molar-refractivity contribution in [1.29, 1.82) is 0 Å². The highest BCUT2D eigenvalue weighted by Gasteiger charge is 1.99. The molecule has 1 aromatic heterocycles. The average Bonchev–Trinajstić information content (AvgIpc) is 2.37. The molecule has 1 rings (SSSR count). The van der Waals surface area contributed by atoms with Crippen LogP contribution >= 0.6 is 0 Å². The highest BCUT2D eigenvalue weighted by molar-refractivity contribution is 4.63. The second kappa shape index (κ2) is 2.62. The van der Waals surface area contributed by atoms with Crippen LogP contribution in [-0.2, 0) is 0 Å². The van der Waals surface area contributed by atoms with E-state index in [2.05, 4.69) is 24.0 Å². The molecular weight excluding hydrogens is 114 g/mol. The second-order valence-corrected chi connectivity index (χ2v) is 2.11. The Kier molecular flexibility index (Phi) is 1.82. The van der Waals surface area contributed by atoms with E-state index in [1.807, 2.05) is 0 Å². The first kappa shape index (κ1) is 6.26. The molecule has 0 radical (unpaired) electrons. The summed E-state index contributed by atoms with van der Waals surface area (Å²) in [7, 11) is 0. The van der Waals surface area contributed by atoms with Gasteiger partial charge in [-0.25, -0.2) is 0 Å².